The Bertz CT molecular complexity index is 924. The molecule has 0 spiro atoms. The SMILES string of the molecule is CC(C)NC(=O)CSc1nnc(NC(=O)c2cc(-c3ccccc3)on2)s1. The molecule has 10 heteroatoms. The molecule has 0 unspecified atom stereocenters. The maximum Gasteiger partial charge on any atom is 0.279 e. The van der Waals surface area contributed by atoms with Crippen LogP contribution in [0.5, 0.6) is 0 Å². The average Bonchev–Trinajstić information content (AvgIpc) is 3.30. The van der Waals surface area contributed by atoms with E-state index in [1.54, 1.807) is 6.07 Å². The highest BCUT2D eigenvalue weighted by Crippen LogP contribution is 2.26. The summed E-state index contributed by atoms with van der Waals surface area (Å²) in [4.78, 5) is 23.9. The molecular formula is C17H17N5O3S2. The molecule has 2 heterocycles. The third-order valence-electron chi connectivity index (χ3n) is 3.20. The van der Waals surface area contributed by atoms with Gasteiger partial charge in [0.15, 0.2) is 15.8 Å². The second-order valence-electron chi connectivity index (χ2n) is 5.78. The molecule has 3 aromatic rings. The van der Waals surface area contributed by atoms with E-state index in [0.29, 0.717) is 15.2 Å². The summed E-state index contributed by atoms with van der Waals surface area (Å²) in [5.41, 5.74) is 0.980. The van der Waals surface area contributed by atoms with Gasteiger partial charge in [-0.15, -0.1) is 10.2 Å². The first-order valence-electron chi connectivity index (χ1n) is 8.10. The number of benzene rings is 1. The van der Waals surface area contributed by atoms with Gasteiger partial charge in [-0.25, -0.2) is 0 Å². The summed E-state index contributed by atoms with van der Waals surface area (Å²) in [5.74, 6) is 0.230. The van der Waals surface area contributed by atoms with Gasteiger partial charge < -0.3 is 9.84 Å². The third-order valence-corrected chi connectivity index (χ3v) is 5.18. The molecule has 0 bridgehead atoms. The first kappa shape index (κ1) is 19.1. The Hall–Kier alpha value is -2.72. The number of carbonyl (C=O) groups is 2. The molecule has 1 aromatic carbocycles. The largest absolute Gasteiger partial charge is 0.355 e. The van der Waals surface area contributed by atoms with Crippen molar-refractivity contribution in [1.82, 2.24) is 20.7 Å². The van der Waals surface area contributed by atoms with E-state index in [-0.39, 0.29) is 23.4 Å². The third kappa shape index (κ3) is 5.38. The van der Waals surface area contributed by atoms with Crippen molar-refractivity contribution in [3.63, 3.8) is 0 Å². The molecule has 2 N–H and O–H groups in total. The number of nitrogens with one attached hydrogen (secondary N) is 2. The number of rotatable bonds is 7. The lowest BCUT2D eigenvalue weighted by atomic mass is 10.1. The molecule has 0 saturated carbocycles. The van der Waals surface area contributed by atoms with E-state index in [1.165, 1.54) is 23.1 Å². The Morgan fingerprint density at radius 1 is 1.22 bits per heavy atom. The molecule has 0 saturated heterocycles. The van der Waals surface area contributed by atoms with Crippen molar-refractivity contribution in [1.29, 1.82) is 0 Å². The van der Waals surface area contributed by atoms with Crippen LogP contribution < -0.4 is 10.6 Å². The topological polar surface area (TPSA) is 110 Å². The van der Waals surface area contributed by atoms with Crippen molar-refractivity contribution in [2.75, 3.05) is 11.1 Å². The van der Waals surface area contributed by atoms with Gasteiger partial charge in [-0.2, -0.15) is 0 Å². The average molecular weight is 403 g/mol. The Morgan fingerprint density at radius 3 is 2.74 bits per heavy atom. The molecule has 8 nitrogen and oxygen atoms in total. The van der Waals surface area contributed by atoms with E-state index >= 15 is 0 Å². The minimum absolute atomic E-state index is 0.0770. The highest BCUT2D eigenvalue weighted by molar-refractivity contribution is 8.01. The van der Waals surface area contributed by atoms with Crippen LogP contribution in [0.4, 0.5) is 5.13 Å². The van der Waals surface area contributed by atoms with Crippen molar-refractivity contribution in [2.45, 2.75) is 24.2 Å². The zero-order valence-corrected chi connectivity index (χ0v) is 16.3. The summed E-state index contributed by atoms with van der Waals surface area (Å²) in [6.07, 6.45) is 0. The van der Waals surface area contributed by atoms with Crippen molar-refractivity contribution in [2.24, 2.45) is 0 Å². The second-order valence-corrected chi connectivity index (χ2v) is 7.98. The van der Waals surface area contributed by atoms with E-state index in [1.807, 2.05) is 44.2 Å². The smallest absolute Gasteiger partial charge is 0.279 e. The first-order chi connectivity index (χ1) is 13.0. The van der Waals surface area contributed by atoms with Crippen molar-refractivity contribution < 1.29 is 14.1 Å². The molecule has 0 aliphatic carbocycles. The number of aromatic nitrogens is 3. The first-order valence-corrected chi connectivity index (χ1v) is 9.90. The summed E-state index contributed by atoms with van der Waals surface area (Å²) >= 11 is 2.45. The lowest BCUT2D eigenvalue weighted by Crippen LogP contribution is -2.31. The van der Waals surface area contributed by atoms with Crippen LogP contribution in [0.15, 0.2) is 45.3 Å². The molecule has 27 heavy (non-hydrogen) atoms. The Labute approximate surface area is 163 Å². The minimum atomic E-state index is -0.439. The zero-order chi connectivity index (χ0) is 19.2. The van der Waals surface area contributed by atoms with Crippen molar-refractivity contribution >= 4 is 40.0 Å². The number of hydrogen-bond acceptors (Lipinski definition) is 8. The summed E-state index contributed by atoms with van der Waals surface area (Å²) in [6.45, 7) is 3.79. The monoisotopic (exact) mass is 403 g/mol. The van der Waals surface area contributed by atoms with Gasteiger partial charge >= 0.3 is 0 Å². The number of nitrogens with zero attached hydrogens (tertiary/aromatic N) is 3. The van der Waals surface area contributed by atoms with E-state index in [9.17, 15) is 9.59 Å². The number of amides is 2. The van der Waals surface area contributed by atoms with Crippen LogP contribution in [-0.2, 0) is 4.79 Å². The van der Waals surface area contributed by atoms with Crippen LogP contribution in [0.2, 0.25) is 0 Å². The number of carbonyl (C=O) groups excluding carboxylic acids is 2. The van der Waals surface area contributed by atoms with Gasteiger partial charge in [-0.05, 0) is 13.8 Å². The predicted octanol–water partition coefficient (Wildman–Crippen LogP) is 3.06. The minimum Gasteiger partial charge on any atom is -0.355 e. The van der Waals surface area contributed by atoms with Crippen molar-refractivity contribution in [3.8, 4) is 11.3 Å². The fourth-order valence-corrected chi connectivity index (χ4v) is 3.65. The quantitative estimate of drug-likeness (QED) is 0.461. The van der Waals surface area contributed by atoms with Gasteiger partial charge in [0.05, 0.1) is 5.75 Å². The molecule has 0 fully saturated rings. The van der Waals surface area contributed by atoms with Crippen LogP contribution in [0.1, 0.15) is 24.3 Å². The maximum absolute atomic E-state index is 12.3. The molecular weight excluding hydrogens is 386 g/mol. The fourth-order valence-electron chi connectivity index (χ4n) is 2.09. The van der Waals surface area contributed by atoms with Crippen LogP contribution >= 0.6 is 23.1 Å². The molecule has 0 aliphatic rings. The summed E-state index contributed by atoms with van der Waals surface area (Å²) in [5, 5.41) is 17.4. The van der Waals surface area contributed by atoms with E-state index in [0.717, 1.165) is 5.56 Å². The highest BCUT2D eigenvalue weighted by Gasteiger charge is 2.16. The predicted molar refractivity (Wildman–Crippen MR) is 104 cm³/mol. The van der Waals surface area contributed by atoms with E-state index < -0.39 is 5.91 Å². The second kappa shape index (κ2) is 8.78. The molecule has 0 radical (unpaired) electrons. The Morgan fingerprint density at radius 2 is 2.00 bits per heavy atom. The Balaban J connectivity index is 1.57. The molecule has 2 aromatic heterocycles. The van der Waals surface area contributed by atoms with Gasteiger partial charge in [0.1, 0.15) is 0 Å². The van der Waals surface area contributed by atoms with Crippen LogP contribution in [-0.4, -0.2) is 39.0 Å². The van der Waals surface area contributed by atoms with E-state index in [4.69, 9.17) is 4.52 Å². The summed E-state index contributed by atoms with van der Waals surface area (Å²) < 4.78 is 5.81. The zero-order valence-electron chi connectivity index (χ0n) is 14.6. The summed E-state index contributed by atoms with van der Waals surface area (Å²) in [6, 6.07) is 11.0. The maximum atomic E-state index is 12.3. The van der Waals surface area contributed by atoms with Crippen LogP contribution in [0, 0.1) is 0 Å². The Kier molecular flexibility index (Phi) is 6.20. The number of thioether (sulfide) groups is 1. The standard InChI is InChI=1S/C17H17N5O3S2/c1-10(2)18-14(23)9-26-17-21-20-16(27-17)19-15(24)12-8-13(25-22-12)11-6-4-3-5-7-11/h3-8,10H,9H2,1-2H3,(H,18,23)(H,19,20,24). The normalized spacial score (nSPS) is 10.8. The fraction of sp³-hybridized carbons (Fsp3) is 0.235. The molecule has 2 amide bonds. The van der Waals surface area contributed by atoms with Gasteiger partial charge in [0.25, 0.3) is 5.91 Å². The van der Waals surface area contributed by atoms with Gasteiger partial charge in [0.2, 0.25) is 11.0 Å². The lowest BCUT2D eigenvalue weighted by Gasteiger charge is -2.06. The van der Waals surface area contributed by atoms with Gasteiger partial charge in [-0.1, -0.05) is 58.6 Å². The number of anilines is 1. The molecule has 3 rings (SSSR count). The highest BCUT2D eigenvalue weighted by atomic mass is 32.2. The molecule has 0 atom stereocenters. The van der Waals surface area contributed by atoms with E-state index in [2.05, 4.69) is 26.0 Å². The van der Waals surface area contributed by atoms with Crippen LogP contribution in [0.3, 0.4) is 0 Å². The number of hydrogen-bond donors (Lipinski definition) is 2. The summed E-state index contributed by atoms with van der Waals surface area (Å²) in [7, 11) is 0. The van der Waals surface area contributed by atoms with Crippen molar-refractivity contribution in [3.05, 3.63) is 42.1 Å². The van der Waals surface area contributed by atoms with Gasteiger partial charge in [-0.3, -0.25) is 14.9 Å². The van der Waals surface area contributed by atoms with Gasteiger partial charge in [0, 0.05) is 17.7 Å². The molecule has 0 aliphatic heterocycles. The van der Waals surface area contributed by atoms with Crippen LogP contribution in [0.25, 0.3) is 11.3 Å². The lowest BCUT2D eigenvalue weighted by molar-refractivity contribution is -0.119. The molecule has 140 valence electrons.